The number of rotatable bonds is 2. The Bertz CT molecular complexity index is 434. The second kappa shape index (κ2) is 4.05. The van der Waals surface area contributed by atoms with Crippen LogP contribution in [0.15, 0.2) is 0 Å². The summed E-state index contributed by atoms with van der Waals surface area (Å²) in [6.45, 7) is 2.54. The number of anilines is 1. The monoisotopic (exact) mass is 223 g/mol. The molecule has 0 spiro atoms. The highest BCUT2D eigenvalue weighted by atomic mass is 16.5. The first-order valence-corrected chi connectivity index (χ1v) is 5.05. The molecule has 2 rings (SSSR count). The Morgan fingerprint density at radius 3 is 3.00 bits per heavy atom. The third kappa shape index (κ3) is 1.83. The number of fused-ring (bicyclic) bond motifs is 1. The average molecular weight is 223 g/mol. The molecule has 6 nitrogen and oxygen atoms in total. The number of nitrogen functional groups attached to an aromatic ring is 1. The molecule has 0 radical (unpaired) electrons. The van der Waals surface area contributed by atoms with Gasteiger partial charge in [-0.25, -0.2) is 9.97 Å². The number of carboxylic acids is 1. The van der Waals surface area contributed by atoms with Gasteiger partial charge in [0, 0.05) is 12.0 Å². The van der Waals surface area contributed by atoms with Crippen LogP contribution in [0.5, 0.6) is 0 Å². The molecule has 1 aromatic heterocycles. The first-order valence-electron chi connectivity index (χ1n) is 5.05. The number of hydrogen-bond donors (Lipinski definition) is 2. The topological polar surface area (TPSA) is 98.3 Å². The van der Waals surface area contributed by atoms with E-state index in [1.807, 2.05) is 0 Å². The molecule has 16 heavy (non-hydrogen) atoms. The van der Waals surface area contributed by atoms with Gasteiger partial charge in [-0.1, -0.05) is 0 Å². The Balaban J connectivity index is 2.42. The van der Waals surface area contributed by atoms with Crippen molar-refractivity contribution < 1.29 is 14.6 Å². The lowest BCUT2D eigenvalue weighted by molar-refractivity contribution is -0.138. The minimum absolute atomic E-state index is 0.269. The van der Waals surface area contributed by atoms with Gasteiger partial charge < -0.3 is 15.6 Å². The number of ether oxygens (including phenoxy) is 1. The smallest absolute Gasteiger partial charge is 0.313 e. The van der Waals surface area contributed by atoms with Crippen LogP contribution in [0.25, 0.3) is 0 Å². The van der Waals surface area contributed by atoms with Crippen LogP contribution in [0, 0.1) is 0 Å². The van der Waals surface area contributed by atoms with Gasteiger partial charge in [-0.3, -0.25) is 4.79 Å². The second-order valence-electron chi connectivity index (χ2n) is 3.75. The number of aromatic nitrogens is 2. The second-order valence-corrected chi connectivity index (χ2v) is 3.75. The van der Waals surface area contributed by atoms with Gasteiger partial charge in [0.1, 0.15) is 17.6 Å². The number of nitrogens with two attached hydrogens (primary N) is 1. The Kier molecular flexibility index (Phi) is 2.74. The standard InChI is InChI=1S/C10H13N3O3/c1-5(10(14)15)9-12-7-2-3-16-4-6(7)8(11)13-9/h5H,2-4H2,1H3,(H,14,15)(H2,11,12,13). The average Bonchev–Trinajstić information content (AvgIpc) is 2.28. The molecule has 0 aliphatic carbocycles. The summed E-state index contributed by atoms with van der Waals surface area (Å²) in [4.78, 5) is 19.1. The SMILES string of the molecule is CC(C(=O)O)c1nc(N)c2c(n1)CCOC2. The van der Waals surface area contributed by atoms with Crippen LogP contribution >= 0.6 is 0 Å². The number of aliphatic carboxylic acids is 1. The number of carboxylic acid groups (broad SMARTS) is 1. The Morgan fingerprint density at radius 1 is 1.56 bits per heavy atom. The van der Waals surface area contributed by atoms with Crippen LogP contribution < -0.4 is 5.73 Å². The zero-order chi connectivity index (χ0) is 11.7. The first kappa shape index (κ1) is 10.8. The zero-order valence-corrected chi connectivity index (χ0v) is 8.93. The molecule has 1 aliphatic rings. The van der Waals surface area contributed by atoms with Gasteiger partial charge in [0.05, 0.1) is 18.9 Å². The van der Waals surface area contributed by atoms with E-state index in [0.29, 0.717) is 25.5 Å². The molecule has 0 aromatic carbocycles. The quantitative estimate of drug-likeness (QED) is 0.749. The van der Waals surface area contributed by atoms with Crippen molar-refractivity contribution in [1.29, 1.82) is 0 Å². The molecule has 3 N–H and O–H groups in total. The van der Waals surface area contributed by atoms with Crippen molar-refractivity contribution in [2.45, 2.75) is 25.9 Å². The van der Waals surface area contributed by atoms with Gasteiger partial charge in [0.25, 0.3) is 0 Å². The van der Waals surface area contributed by atoms with Crippen molar-refractivity contribution in [3.8, 4) is 0 Å². The van der Waals surface area contributed by atoms with Crippen LogP contribution in [0.3, 0.4) is 0 Å². The largest absolute Gasteiger partial charge is 0.481 e. The van der Waals surface area contributed by atoms with Crippen LogP contribution in [0.4, 0.5) is 5.82 Å². The van der Waals surface area contributed by atoms with E-state index in [1.54, 1.807) is 6.92 Å². The lowest BCUT2D eigenvalue weighted by Crippen LogP contribution is -2.20. The van der Waals surface area contributed by atoms with Gasteiger partial charge in [0.2, 0.25) is 0 Å². The molecule has 1 aromatic rings. The lowest BCUT2D eigenvalue weighted by Gasteiger charge is -2.18. The van der Waals surface area contributed by atoms with E-state index in [9.17, 15) is 4.79 Å². The minimum atomic E-state index is -0.952. The summed E-state index contributed by atoms with van der Waals surface area (Å²) < 4.78 is 5.25. The fourth-order valence-electron chi connectivity index (χ4n) is 1.58. The molecule has 1 atom stereocenters. The van der Waals surface area contributed by atoms with Gasteiger partial charge in [-0.2, -0.15) is 0 Å². The summed E-state index contributed by atoms with van der Waals surface area (Å²) in [5.41, 5.74) is 7.35. The molecular formula is C10H13N3O3. The van der Waals surface area contributed by atoms with E-state index in [4.69, 9.17) is 15.6 Å². The summed E-state index contributed by atoms with van der Waals surface area (Å²) in [6.07, 6.45) is 0.654. The molecule has 0 saturated carbocycles. The normalized spacial score (nSPS) is 16.6. The Hall–Kier alpha value is -1.69. The van der Waals surface area contributed by atoms with E-state index >= 15 is 0 Å². The van der Waals surface area contributed by atoms with Crippen LogP contribution in [-0.2, 0) is 22.6 Å². The van der Waals surface area contributed by atoms with Crippen LogP contribution in [0.2, 0.25) is 0 Å². The fraction of sp³-hybridized carbons (Fsp3) is 0.500. The van der Waals surface area contributed by atoms with E-state index in [0.717, 1.165) is 11.3 Å². The molecule has 1 unspecified atom stereocenters. The van der Waals surface area contributed by atoms with Gasteiger partial charge in [0.15, 0.2) is 0 Å². The minimum Gasteiger partial charge on any atom is -0.481 e. The number of nitrogens with zero attached hydrogens (tertiary/aromatic N) is 2. The van der Waals surface area contributed by atoms with Gasteiger partial charge >= 0.3 is 5.97 Å². The molecule has 2 heterocycles. The van der Waals surface area contributed by atoms with E-state index in [-0.39, 0.29) is 5.82 Å². The summed E-state index contributed by atoms with van der Waals surface area (Å²) in [7, 11) is 0. The number of carbonyl (C=O) groups is 1. The number of hydrogen-bond acceptors (Lipinski definition) is 5. The molecule has 86 valence electrons. The molecule has 0 saturated heterocycles. The maximum atomic E-state index is 10.8. The predicted molar refractivity (Wildman–Crippen MR) is 55.9 cm³/mol. The highest BCUT2D eigenvalue weighted by Crippen LogP contribution is 2.22. The van der Waals surface area contributed by atoms with Crippen molar-refractivity contribution in [2.75, 3.05) is 12.3 Å². The summed E-state index contributed by atoms with van der Waals surface area (Å²) in [5.74, 6) is -1.10. The molecule has 0 fully saturated rings. The first-order chi connectivity index (χ1) is 7.59. The predicted octanol–water partition coefficient (Wildman–Crippen LogP) is 0.320. The highest BCUT2D eigenvalue weighted by Gasteiger charge is 2.22. The van der Waals surface area contributed by atoms with Gasteiger partial charge in [-0.05, 0) is 6.92 Å². The maximum absolute atomic E-state index is 10.8. The molecule has 0 amide bonds. The summed E-state index contributed by atoms with van der Waals surface area (Å²) >= 11 is 0. The maximum Gasteiger partial charge on any atom is 0.313 e. The van der Waals surface area contributed by atoms with Crippen molar-refractivity contribution in [3.05, 3.63) is 17.1 Å². The molecule has 0 bridgehead atoms. The fourth-order valence-corrected chi connectivity index (χ4v) is 1.58. The van der Waals surface area contributed by atoms with E-state index < -0.39 is 11.9 Å². The Morgan fingerprint density at radius 2 is 2.31 bits per heavy atom. The van der Waals surface area contributed by atoms with E-state index in [2.05, 4.69) is 9.97 Å². The Labute approximate surface area is 92.5 Å². The lowest BCUT2D eigenvalue weighted by atomic mass is 10.1. The van der Waals surface area contributed by atoms with E-state index in [1.165, 1.54) is 0 Å². The van der Waals surface area contributed by atoms with Crippen LogP contribution in [0.1, 0.15) is 29.9 Å². The van der Waals surface area contributed by atoms with Gasteiger partial charge in [-0.15, -0.1) is 0 Å². The molecule has 6 heteroatoms. The van der Waals surface area contributed by atoms with Crippen molar-refractivity contribution in [3.63, 3.8) is 0 Å². The third-order valence-electron chi connectivity index (χ3n) is 2.63. The third-order valence-corrected chi connectivity index (χ3v) is 2.63. The van der Waals surface area contributed by atoms with Crippen molar-refractivity contribution in [1.82, 2.24) is 9.97 Å². The van der Waals surface area contributed by atoms with Crippen molar-refractivity contribution in [2.24, 2.45) is 0 Å². The van der Waals surface area contributed by atoms with Crippen LogP contribution in [-0.4, -0.2) is 27.7 Å². The van der Waals surface area contributed by atoms with Crippen molar-refractivity contribution >= 4 is 11.8 Å². The molecular weight excluding hydrogens is 210 g/mol. The summed E-state index contributed by atoms with van der Waals surface area (Å²) in [5, 5.41) is 8.88. The molecule has 1 aliphatic heterocycles. The summed E-state index contributed by atoms with van der Waals surface area (Å²) in [6, 6.07) is 0. The zero-order valence-electron chi connectivity index (χ0n) is 8.93. The highest BCUT2D eigenvalue weighted by molar-refractivity contribution is 5.74.